The van der Waals surface area contributed by atoms with Crippen molar-refractivity contribution in [1.29, 1.82) is 0 Å². The maximum Gasteiger partial charge on any atom is 0.0870 e. The molecule has 0 spiro atoms. The Morgan fingerprint density at radius 1 is 1.47 bits per heavy atom. The zero-order chi connectivity index (χ0) is 11.4. The second-order valence-corrected chi connectivity index (χ2v) is 4.74. The molecule has 2 nitrogen and oxygen atoms in total. The highest BCUT2D eigenvalue weighted by molar-refractivity contribution is 7.80. The van der Waals surface area contributed by atoms with E-state index in [9.17, 15) is 0 Å². The lowest BCUT2D eigenvalue weighted by Gasteiger charge is -2.16. The first-order valence-electron chi connectivity index (χ1n) is 4.40. The van der Waals surface area contributed by atoms with Gasteiger partial charge in [0.1, 0.15) is 0 Å². The summed E-state index contributed by atoms with van der Waals surface area (Å²) in [5.41, 5.74) is 6.46. The molecule has 0 radical (unpaired) electrons. The van der Waals surface area contributed by atoms with Gasteiger partial charge in [-0.25, -0.2) is 0 Å². The van der Waals surface area contributed by atoms with Crippen molar-refractivity contribution in [1.82, 2.24) is 4.90 Å². The third kappa shape index (κ3) is 4.34. The summed E-state index contributed by atoms with van der Waals surface area (Å²) < 4.78 is 0. The summed E-state index contributed by atoms with van der Waals surface area (Å²) in [5, 5.41) is 1.30. The number of halogens is 2. The lowest BCUT2D eigenvalue weighted by Crippen LogP contribution is -2.29. The fourth-order valence-corrected chi connectivity index (χ4v) is 1.95. The second-order valence-electron chi connectivity index (χ2n) is 3.37. The molecular formula is C10H12Cl2N2S. The van der Waals surface area contributed by atoms with Gasteiger partial charge in [-0.15, -0.1) is 0 Å². The highest BCUT2D eigenvalue weighted by Gasteiger charge is 2.05. The molecule has 1 rings (SSSR count). The van der Waals surface area contributed by atoms with Crippen LogP contribution >= 0.6 is 35.4 Å². The van der Waals surface area contributed by atoms with Gasteiger partial charge < -0.3 is 5.73 Å². The average molecular weight is 263 g/mol. The van der Waals surface area contributed by atoms with Crippen LogP contribution < -0.4 is 5.73 Å². The topological polar surface area (TPSA) is 29.3 Å². The molecule has 0 amide bonds. The summed E-state index contributed by atoms with van der Waals surface area (Å²) >= 11 is 16.7. The standard InChI is InChI=1S/C10H12Cl2N2S/c1-14(6-10(13)15)5-7-2-3-8(11)4-9(7)12/h2-4H,5-6H2,1H3,(H2,13,15). The highest BCUT2D eigenvalue weighted by Crippen LogP contribution is 2.21. The van der Waals surface area contributed by atoms with Crippen molar-refractivity contribution in [3.8, 4) is 0 Å². The minimum absolute atomic E-state index is 0.475. The van der Waals surface area contributed by atoms with Gasteiger partial charge in [-0.3, -0.25) is 4.90 Å². The number of nitrogens with two attached hydrogens (primary N) is 1. The minimum Gasteiger partial charge on any atom is -0.392 e. The van der Waals surface area contributed by atoms with E-state index in [2.05, 4.69) is 0 Å². The molecule has 82 valence electrons. The van der Waals surface area contributed by atoms with E-state index in [1.54, 1.807) is 6.07 Å². The van der Waals surface area contributed by atoms with E-state index in [1.165, 1.54) is 0 Å². The molecule has 0 aliphatic heterocycles. The van der Waals surface area contributed by atoms with Gasteiger partial charge in [0, 0.05) is 23.1 Å². The van der Waals surface area contributed by atoms with Gasteiger partial charge in [0.2, 0.25) is 0 Å². The van der Waals surface area contributed by atoms with Crippen LogP contribution in [0.1, 0.15) is 5.56 Å². The van der Waals surface area contributed by atoms with Crippen LogP contribution in [0.4, 0.5) is 0 Å². The van der Waals surface area contributed by atoms with Crippen LogP contribution in [0.5, 0.6) is 0 Å². The molecule has 0 saturated heterocycles. The Labute approximate surface area is 105 Å². The molecular weight excluding hydrogens is 251 g/mol. The van der Waals surface area contributed by atoms with E-state index < -0.39 is 0 Å². The van der Waals surface area contributed by atoms with Crippen molar-refractivity contribution >= 4 is 40.4 Å². The number of nitrogens with zero attached hydrogens (tertiary/aromatic N) is 1. The summed E-state index contributed by atoms with van der Waals surface area (Å²) in [6.45, 7) is 1.28. The van der Waals surface area contributed by atoms with Crippen molar-refractivity contribution in [3.05, 3.63) is 33.8 Å². The first-order valence-corrected chi connectivity index (χ1v) is 5.56. The van der Waals surface area contributed by atoms with E-state index in [0.717, 1.165) is 5.56 Å². The van der Waals surface area contributed by atoms with Crippen LogP contribution in [-0.4, -0.2) is 23.5 Å². The summed E-state index contributed by atoms with van der Waals surface area (Å²) in [4.78, 5) is 2.47. The minimum atomic E-state index is 0.475. The Morgan fingerprint density at radius 2 is 2.13 bits per heavy atom. The number of hydrogen-bond acceptors (Lipinski definition) is 2. The van der Waals surface area contributed by atoms with Crippen molar-refractivity contribution < 1.29 is 0 Å². The van der Waals surface area contributed by atoms with Crippen molar-refractivity contribution in [2.24, 2.45) is 5.73 Å². The maximum atomic E-state index is 6.03. The molecule has 0 saturated carbocycles. The van der Waals surface area contributed by atoms with Gasteiger partial charge in [-0.1, -0.05) is 41.5 Å². The average Bonchev–Trinajstić information content (AvgIpc) is 2.08. The molecule has 1 aromatic rings. The molecule has 15 heavy (non-hydrogen) atoms. The van der Waals surface area contributed by atoms with E-state index in [1.807, 2.05) is 24.1 Å². The lowest BCUT2D eigenvalue weighted by molar-refractivity contribution is 0.375. The third-order valence-electron chi connectivity index (χ3n) is 1.88. The monoisotopic (exact) mass is 262 g/mol. The summed E-state index contributed by atoms with van der Waals surface area (Å²) in [6, 6.07) is 5.45. The number of hydrogen-bond donors (Lipinski definition) is 1. The molecule has 0 aromatic heterocycles. The number of rotatable bonds is 4. The van der Waals surface area contributed by atoms with Gasteiger partial charge in [-0.05, 0) is 24.7 Å². The van der Waals surface area contributed by atoms with Crippen LogP contribution in [-0.2, 0) is 6.54 Å². The molecule has 0 bridgehead atoms. The molecule has 5 heteroatoms. The van der Waals surface area contributed by atoms with Crippen molar-refractivity contribution in [2.75, 3.05) is 13.6 Å². The first-order chi connectivity index (χ1) is 6.99. The Bertz CT molecular complexity index is 368. The molecule has 0 atom stereocenters. The van der Waals surface area contributed by atoms with Gasteiger partial charge >= 0.3 is 0 Å². The highest BCUT2D eigenvalue weighted by atomic mass is 35.5. The van der Waals surface area contributed by atoms with Gasteiger partial charge in [-0.2, -0.15) is 0 Å². The van der Waals surface area contributed by atoms with Crippen LogP contribution in [0.25, 0.3) is 0 Å². The fourth-order valence-electron chi connectivity index (χ4n) is 1.26. The zero-order valence-corrected chi connectivity index (χ0v) is 10.7. The predicted molar refractivity (Wildman–Crippen MR) is 69.6 cm³/mol. The van der Waals surface area contributed by atoms with Crippen molar-refractivity contribution in [2.45, 2.75) is 6.54 Å². The van der Waals surface area contributed by atoms with Crippen LogP contribution in [0.2, 0.25) is 10.0 Å². The molecule has 0 fully saturated rings. The Kier molecular flexibility index (Phi) is 4.80. The Hall–Kier alpha value is -0.350. The predicted octanol–water partition coefficient (Wildman–Crippen LogP) is 2.71. The van der Waals surface area contributed by atoms with E-state index in [0.29, 0.717) is 28.1 Å². The SMILES string of the molecule is CN(CC(N)=S)Cc1ccc(Cl)cc1Cl. The van der Waals surface area contributed by atoms with Crippen LogP contribution in [0.3, 0.4) is 0 Å². The molecule has 1 aromatic carbocycles. The lowest BCUT2D eigenvalue weighted by atomic mass is 10.2. The number of benzene rings is 1. The molecule has 2 N–H and O–H groups in total. The summed E-state index contributed by atoms with van der Waals surface area (Å²) in [6.07, 6.45) is 0. The van der Waals surface area contributed by atoms with Crippen LogP contribution in [0.15, 0.2) is 18.2 Å². The first kappa shape index (κ1) is 12.7. The fraction of sp³-hybridized carbons (Fsp3) is 0.300. The normalized spacial score (nSPS) is 10.7. The molecule has 0 aliphatic rings. The van der Waals surface area contributed by atoms with Gasteiger partial charge in [0.15, 0.2) is 0 Å². The number of likely N-dealkylation sites (N-methyl/N-ethyl adjacent to an activating group) is 1. The number of thiocarbonyl (C=S) groups is 1. The van der Waals surface area contributed by atoms with E-state index >= 15 is 0 Å². The molecule has 0 unspecified atom stereocenters. The maximum absolute atomic E-state index is 6.03. The van der Waals surface area contributed by atoms with Crippen LogP contribution in [0, 0.1) is 0 Å². The smallest absolute Gasteiger partial charge is 0.0870 e. The van der Waals surface area contributed by atoms with E-state index in [-0.39, 0.29) is 0 Å². The second kappa shape index (κ2) is 5.66. The quantitative estimate of drug-likeness (QED) is 0.847. The molecule has 0 aliphatic carbocycles. The third-order valence-corrected chi connectivity index (χ3v) is 2.60. The van der Waals surface area contributed by atoms with E-state index in [4.69, 9.17) is 41.2 Å². The summed E-state index contributed by atoms with van der Waals surface area (Å²) in [7, 11) is 1.93. The largest absolute Gasteiger partial charge is 0.392 e. The molecule has 0 heterocycles. The Balaban J connectivity index is 2.68. The van der Waals surface area contributed by atoms with Gasteiger partial charge in [0.25, 0.3) is 0 Å². The summed E-state index contributed by atoms with van der Waals surface area (Å²) in [5.74, 6) is 0. The zero-order valence-electron chi connectivity index (χ0n) is 8.34. The Morgan fingerprint density at radius 3 is 2.67 bits per heavy atom. The van der Waals surface area contributed by atoms with Gasteiger partial charge in [0.05, 0.1) is 4.99 Å². The van der Waals surface area contributed by atoms with Crippen molar-refractivity contribution in [3.63, 3.8) is 0 Å².